The van der Waals surface area contributed by atoms with Crippen LogP contribution in [-0.2, 0) is 4.84 Å². The third kappa shape index (κ3) is 2.55. The Morgan fingerprint density at radius 1 is 1.33 bits per heavy atom. The average Bonchev–Trinajstić information content (AvgIpc) is 2.75. The molecule has 0 unspecified atom stereocenters. The molecule has 1 aliphatic rings. The van der Waals surface area contributed by atoms with E-state index in [1.54, 1.807) is 0 Å². The van der Waals surface area contributed by atoms with E-state index < -0.39 is 0 Å². The standard InChI is InChI=1S/C16H22NO/c1-4-6-12-17(3)15(5-2)13-16(18-17)14-10-8-7-9-11-14/h4-5,7-11,15-16H,1-2,6,12-13H2,3H3/q+1/t15-,16-,17+/m0/s1. The van der Waals surface area contributed by atoms with Crippen molar-refractivity contribution in [2.75, 3.05) is 13.6 Å². The summed E-state index contributed by atoms with van der Waals surface area (Å²) in [6.45, 7) is 8.69. The lowest BCUT2D eigenvalue weighted by atomic mass is 10.0. The topological polar surface area (TPSA) is 9.23 Å². The molecule has 18 heavy (non-hydrogen) atoms. The highest BCUT2D eigenvalue weighted by Crippen LogP contribution is 2.38. The van der Waals surface area contributed by atoms with Crippen LogP contribution < -0.4 is 0 Å². The number of likely N-dealkylation sites (N-methyl/N-ethyl adjacent to an activating group) is 1. The SMILES string of the molecule is C=CCC[N@@+]1(C)O[C@H](c2ccccc2)C[C@@H]1C=C. The Labute approximate surface area is 110 Å². The van der Waals surface area contributed by atoms with Gasteiger partial charge in [-0.3, -0.25) is 0 Å². The Morgan fingerprint density at radius 3 is 2.67 bits per heavy atom. The van der Waals surface area contributed by atoms with Crippen molar-refractivity contribution < 1.29 is 9.48 Å². The van der Waals surface area contributed by atoms with E-state index in [0.29, 0.717) is 10.7 Å². The van der Waals surface area contributed by atoms with Gasteiger partial charge in [0.2, 0.25) is 0 Å². The number of hydrogen-bond donors (Lipinski definition) is 0. The van der Waals surface area contributed by atoms with Crippen molar-refractivity contribution in [3.63, 3.8) is 0 Å². The predicted molar refractivity (Wildman–Crippen MR) is 74.7 cm³/mol. The van der Waals surface area contributed by atoms with Gasteiger partial charge in [-0.25, -0.2) is 0 Å². The maximum atomic E-state index is 6.26. The van der Waals surface area contributed by atoms with Crippen LogP contribution in [0.1, 0.15) is 24.5 Å². The van der Waals surface area contributed by atoms with Gasteiger partial charge < -0.3 is 0 Å². The Kier molecular flexibility index (Phi) is 4.00. The number of hydrogen-bond acceptors (Lipinski definition) is 1. The van der Waals surface area contributed by atoms with Crippen molar-refractivity contribution in [2.24, 2.45) is 0 Å². The summed E-state index contributed by atoms with van der Waals surface area (Å²) in [5.74, 6) is 0. The van der Waals surface area contributed by atoms with E-state index in [4.69, 9.17) is 4.84 Å². The van der Waals surface area contributed by atoms with E-state index in [-0.39, 0.29) is 6.10 Å². The highest BCUT2D eigenvalue weighted by Gasteiger charge is 2.44. The van der Waals surface area contributed by atoms with Crippen molar-refractivity contribution in [3.8, 4) is 0 Å². The fourth-order valence-corrected chi connectivity index (χ4v) is 2.60. The van der Waals surface area contributed by atoms with Crippen LogP contribution in [0.2, 0.25) is 0 Å². The summed E-state index contributed by atoms with van der Waals surface area (Å²) in [6.07, 6.45) is 6.10. The molecule has 0 aliphatic carbocycles. The molecule has 96 valence electrons. The number of benzene rings is 1. The molecule has 2 nitrogen and oxygen atoms in total. The highest BCUT2D eigenvalue weighted by molar-refractivity contribution is 5.18. The Balaban J connectivity index is 2.15. The molecule has 3 atom stereocenters. The zero-order valence-electron chi connectivity index (χ0n) is 11.1. The summed E-state index contributed by atoms with van der Waals surface area (Å²) < 4.78 is 0.606. The fraction of sp³-hybridized carbons (Fsp3) is 0.375. The smallest absolute Gasteiger partial charge is 0.148 e. The molecule has 1 aromatic carbocycles. The molecule has 0 amide bonds. The third-order valence-corrected chi connectivity index (χ3v) is 3.75. The van der Waals surface area contributed by atoms with Gasteiger partial charge in [0.15, 0.2) is 0 Å². The first-order valence-electron chi connectivity index (χ1n) is 6.51. The van der Waals surface area contributed by atoms with E-state index in [9.17, 15) is 0 Å². The van der Waals surface area contributed by atoms with Gasteiger partial charge in [-0.2, -0.15) is 9.48 Å². The predicted octanol–water partition coefficient (Wildman–Crippen LogP) is 3.64. The molecule has 2 heteroatoms. The van der Waals surface area contributed by atoms with Crippen molar-refractivity contribution in [1.82, 2.24) is 0 Å². The van der Waals surface area contributed by atoms with Gasteiger partial charge in [0.25, 0.3) is 0 Å². The second-order valence-corrected chi connectivity index (χ2v) is 5.02. The quantitative estimate of drug-likeness (QED) is 0.567. The summed E-state index contributed by atoms with van der Waals surface area (Å²) in [7, 11) is 2.14. The second-order valence-electron chi connectivity index (χ2n) is 5.02. The molecule has 1 saturated heterocycles. The van der Waals surface area contributed by atoms with Crippen LogP contribution in [0.15, 0.2) is 55.6 Å². The lowest BCUT2D eigenvalue weighted by molar-refractivity contribution is -1.09. The van der Waals surface area contributed by atoms with Crippen molar-refractivity contribution in [1.29, 1.82) is 0 Å². The van der Waals surface area contributed by atoms with Crippen molar-refractivity contribution >= 4 is 0 Å². The summed E-state index contributed by atoms with van der Waals surface area (Å²) in [6, 6.07) is 10.8. The van der Waals surface area contributed by atoms with E-state index in [0.717, 1.165) is 19.4 Å². The van der Waals surface area contributed by atoms with Gasteiger partial charge in [0.05, 0.1) is 7.05 Å². The number of hydroxylamine groups is 3. The Bertz CT molecular complexity index is 414. The van der Waals surface area contributed by atoms with Gasteiger partial charge in [-0.05, 0) is 11.6 Å². The summed E-state index contributed by atoms with van der Waals surface area (Å²) in [4.78, 5) is 6.26. The molecular formula is C16H22NO+. The van der Waals surface area contributed by atoms with Gasteiger partial charge in [0.1, 0.15) is 18.7 Å². The first-order chi connectivity index (χ1) is 8.69. The average molecular weight is 244 g/mol. The van der Waals surface area contributed by atoms with E-state index in [1.165, 1.54) is 5.56 Å². The van der Waals surface area contributed by atoms with Gasteiger partial charge >= 0.3 is 0 Å². The second kappa shape index (κ2) is 5.51. The zero-order valence-corrected chi connectivity index (χ0v) is 11.1. The number of quaternary nitrogens is 1. The van der Waals surface area contributed by atoms with E-state index >= 15 is 0 Å². The minimum atomic E-state index is 0.170. The van der Waals surface area contributed by atoms with Crippen LogP contribution in [-0.4, -0.2) is 24.3 Å². The monoisotopic (exact) mass is 244 g/mol. The maximum Gasteiger partial charge on any atom is 0.148 e. The van der Waals surface area contributed by atoms with Crippen LogP contribution in [0.4, 0.5) is 0 Å². The summed E-state index contributed by atoms with van der Waals surface area (Å²) in [5.41, 5.74) is 1.25. The molecule has 0 radical (unpaired) electrons. The molecule has 1 heterocycles. The van der Waals surface area contributed by atoms with E-state index in [1.807, 2.05) is 18.2 Å². The largest absolute Gasteiger partial charge is 0.194 e. The van der Waals surface area contributed by atoms with Crippen molar-refractivity contribution in [3.05, 3.63) is 61.2 Å². The molecule has 0 aromatic heterocycles. The normalized spacial score (nSPS) is 31.2. The van der Waals surface area contributed by atoms with Crippen molar-refractivity contribution in [2.45, 2.75) is 25.0 Å². The molecule has 0 bridgehead atoms. The first-order valence-corrected chi connectivity index (χ1v) is 6.51. The lowest BCUT2D eigenvalue weighted by Crippen LogP contribution is -2.46. The number of rotatable bonds is 5. The lowest BCUT2D eigenvalue weighted by Gasteiger charge is -2.30. The minimum Gasteiger partial charge on any atom is -0.194 e. The highest BCUT2D eigenvalue weighted by atomic mass is 16.7. The Morgan fingerprint density at radius 2 is 2.06 bits per heavy atom. The first kappa shape index (κ1) is 13.1. The van der Waals surface area contributed by atoms with E-state index in [2.05, 4.69) is 44.5 Å². The van der Waals surface area contributed by atoms with Gasteiger partial charge in [0, 0.05) is 12.8 Å². The zero-order chi connectivity index (χ0) is 13.0. The van der Waals surface area contributed by atoms with Gasteiger partial charge in [-0.15, -0.1) is 6.58 Å². The molecular weight excluding hydrogens is 222 g/mol. The number of nitrogens with zero attached hydrogens (tertiary/aromatic N) is 1. The van der Waals surface area contributed by atoms with Crippen LogP contribution >= 0.6 is 0 Å². The molecule has 1 aliphatic heterocycles. The van der Waals surface area contributed by atoms with Crippen LogP contribution in [0.25, 0.3) is 0 Å². The maximum absolute atomic E-state index is 6.26. The summed E-state index contributed by atoms with van der Waals surface area (Å²) >= 11 is 0. The molecule has 1 fully saturated rings. The molecule has 2 rings (SSSR count). The third-order valence-electron chi connectivity index (χ3n) is 3.75. The minimum absolute atomic E-state index is 0.170. The molecule has 0 saturated carbocycles. The van der Waals surface area contributed by atoms with Crippen LogP contribution in [0.5, 0.6) is 0 Å². The van der Waals surface area contributed by atoms with Crippen LogP contribution in [0, 0.1) is 0 Å². The Hall–Kier alpha value is -1.38. The molecule has 1 aromatic rings. The molecule has 0 N–H and O–H groups in total. The summed E-state index contributed by atoms with van der Waals surface area (Å²) in [5, 5.41) is 0. The van der Waals surface area contributed by atoms with Crippen LogP contribution in [0.3, 0.4) is 0 Å². The fourth-order valence-electron chi connectivity index (χ4n) is 2.60. The van der Waals surface area contributed by atoms with Gasteiger partial charge in [-0.1, -0.05) is 43.0 Å². The molecule has 0 spiro atoms.